The number of hydrogen-bond donors (Lipinski definition) is 2. The summed E-state index contributed by atoms with van der Waals surface area (Å²) in [6.45, 7) is 7.03. The monoisotopic (exact) mass is 341 g/mol. The first-order valence-corrected chi connectivity index (χ1v) is 9.16. The van der Waals surface area contributed by atoms with E-state index in [0.717, 1.165) is 19.3 Å². The van der Waals surface area contributed by atoms with Gasteiger partial charge in [-0.2, -0.15) is 0 Å². The van der Waals surface area contributed by atoms with Crippen molar-refractivity contribution >= 4 is 11.8 Å². The third-order valence-corrected chi connectivity index (χ3v) is 6.55. The summed E-state index contributed by atoms with van der Waals surface area (Å²) in [5.74, 6) is -0.345. The molecule has 0 radical (unpaired) electrons. The molecule has 2 N–H and O–H groups in total. The number of amides is 2. The minimum Gasteiger partial charge on any atom is -0.273 e. The van der Waals surface area contributed by atoms with Gasteiger partial charge in [-0.25, -0.2) is 0 Å². The van der Waals surface area contributed by atoms with Crippen LogP contribution in [0.4, 0.5) is 0 Å². The summed E-state index contributed by atoms with van der Waals surface area (Å²) in [7, 11) is 0. The van der Waals surface area contributed by atoms with Crippen molar-refractivity contribution in [3.63, 3.8) is 0 Å². The zero-order valence-electron chi connectivity index (χ0n) is 15.3. The Morgan fingerprint density at radius 3 is 1.96 bits per heavy atom. The fourth-order valence-corrected chi connectivity index (χ4v) is 7.35. The van der Waals surface area contributed by atoms with E-state index in [9.17, 15) is 9.59 Å². The van der Waals surface area contributed by atoms with Gasteiger partial charge in [0.25, 0.3) is 5.91 Å². The standard InChI is InChI=1S/C20H27N3O2/c1-17-8-18(2)10-19(3,9-17)13-20(11-17,12-18)16(25)23-22-15(24)14-5-4-6-21-7-14/h4-7H,8-13H2,1-3H3,(H,22,24)(H,23,25). The second-order valence-corrected chi connectivity index (χ2v) is 9.92. The topological polar surface area (TPSA) is 71.1 Å². The van der Waals surface area contributed by atoms with E-state index < -0.39 is 0 Å². The van der Waals surface area contributed by atoms with Crippen molar-refractivity contribution in [3.05, 3.63) is 30.1 Å². The van der Waals surface area contributed by atoms with Gasteiger partial charge in [0.2, 0.25) is 5.91 Å². The van der Waals surface area contributed by atoms with E-state index in [0.29, 0.717) is 5.56 Å². The molecule has 0 atom stereocenters. The molecule has 1 aromatic heterocycles. The fraction of sp³-hybridized carbons (Fsp3) is 0.650. The van der Waals surface area contributed by atoms with E-state index in [-0.39, 0.29) is 33.5 Å². The smallest absolute Gasteiger partial charge is 0.271 e. The summed E-state index contributed by atoms with van der Waals surface area (Å²) in [4.78, 5) is 29.3. The van der Waals surface area contributed by atoms with E-state index in [1.807, 2.05) is 0 Å². The lowest BCUT2D eigenvalue weighted by Gasteiger charge is -2.68. The van der Waals surface area contributed by atoms with E-state index >= 15 is 0 Å². The molecule has 5 nitrogen and oxygen atoms in total. The lowest BCUT2D eigenvalue weighted by molar-refractivity contribution is -0.192. The number of hydrazine groups is 1. The predicted molar refractivity (Wildman–Crippen MR) is 94.3 cm³/mol. The summed E-state index contributed by atoms with van der Waals surface area (Å²) >= 11 is 0. The summed E-state index contributed by atoms with van der Waals surface area (Å²) in [5.41, 5.74) is 6.11. The molecule has 0 unspecified atom stereocenters. The number of pyridine rings is 1. The molecular weight excluding hydrogens is 314 g/mol. The van der Waals surface area contributed by atoms with Gasteiger partial charge >= 0.3 is 0 Å². The normalized spacial score (nSPS) is 41.4. The van der Waals surface area contributed by atoms with Crippen LogP contribution in [-0.2, 0) is 4.79 Å². The van der Waals surface area contributed by atoms with E-state index in [1.165, 1.54) is 25.5 Å². The Hall–Kier alpha value is -1.91. The summed E-state index contributed by atoms with van der Waals surface area (Å²) in [6, 6.07) is 3.39. The van der Waals surface area contributed by atoms with Crippen LogP contribution >= 0.6 is 0 Å². The first-order chi connectivity index (χ1) is 11.7. The highest BCUT2D eigenvalue weighted by Gasteiger charge is 2.66. The van der Waals surface area contributed by atoms with Crippen LogP contribution in [0.25, 0.3) is 0 Å². The summed E-state index contributed by atoms with van der Waals surface area (Å²) in [6.07, 6.45) is 9.55. The Bertz CT molecular complexity index is 676. The van der Waals surface area contributed by atoms with E-state index in [4.69, 9.17) is 0 Å². The maximum atomic E-state index is 13.1. The van der Waals surface area contributed by atoms with Gasteiger partial charge in [-0.15, -0.1) is 0 Å². The minimum atomic E-state index is -0.352. The highest BCUT2D eigenvalue weighted by molar-refractivity contribution is 5.95. The Morgan fingerprint density at radius 1 is 0.920 bits per heavy atom. The second kappa shape index (κ2) is 5.05. The molecule has 5 rings (SSSR count). The number of carbonyl (C=O) groups excluding carboxylic acids is 2. The lowest BCUT2D eigenvalue weighted by Crippen LogP contribution is -2.64. The molecule has 134 valence electrons. The molecule has 0 aromatic carbocycles. The number of hydrogen-bond acceptors (Lipinski definition) is 3. The van der Waals surface area contributed by atoms with Gasteiger partial charge in [-0.1, -0.05) is 20.8 Å². The first kappa shape index (κ1) is 16.6. The molecule has 25 heavy (non-hydrogen) atoms. The summed E-state index contributed by atoms with van der Waals surface area (Å²) in [5, 5.41) is 0. The Balaban J connectivity index is 1.51. The number of aromatic nitrogens is 1. The van der Waals surface area contributed by atoms with Gasteiger partial charge in [0.1, 0.15) is 0 Å². The number of rotatable bonds is 2. The van der Waals surface area contributed by atoms with E-state index in [2.05, 4.69) is 36.6 Å². The number of nitrogens with zero attached hydrogens (tertiary/aromatic N) is 1. The number of nitrogens with one attached hydrogen (secondary N) is 2. The van der Waals surface area contributed by atoms with Crippen LogP contribution in [0.1, 0.15) is 69.7 Å². The van der Waals surface area contributed by atoms with Crippen LogP contribution in [0.2, 0.25) is 0 Å². The third-order valence-electron chi connectivity index (χ3n) is 6.55. The summed E-state index contributed by atoms with van der Waals surface area (Å²) < 4.78 is 0. The molecule has 0 saturated heterocycles. The maximum Gasteiger partial charge on any atom is 0.271 e. The molecule has 2 amide bonds. The molecule has 4 aliphatic carbocycles. The van der Waals surface area contributed by atoms with Crippen LogP contribution in [-0.4, -0.2) is 16.8 Å². The average Bonchev–Trinajstić information content (AvgIpc) is 2.48. The zero-order chi connectivity index (χ0) is 17.9. The van der Waals surface area contributed by atoms with Gasteiger partial charge < -0.3 is 0 Å². The van der Waals surface area contributed by atoms with Gasteiger partial charge in [0, 0.05) is 12.4 Å². The van der Waals surface area contributed by atoms with Crippen LogP contribution in [0.15, 0.2) is 24.5 Å². The molecule has 0 spiro atoms. The quantitative estimate of drug-likeness (QED) is 0.811. The second-order valence-electron chi connectivity index (χ2n) is 9.92. The maximum absolute atomic E-state index is 13.1. The molecule has 4 bridgehead atoms. The Labute approximate surface area is 149 Å². The van der Waals surface area contributed by atoms with Gasteiger partial charge in [-0.3, -0.25) is 25.4 Å². The SMILES string of the molecule is CC12CC3(C)CC(C)(C1)CC(C(=O)NNC(=O)c1cccnc1)(C2)C3. The molecular formula is C20H27N3O2. The van der Waals surface area contributed by atoms with E-state index in [1.54, 1.807) is 18.3 Å². The van der Waals surface area contributed by atoms with Crippen molar-refractivity contribution in [2.75, 3.05) is 0 Å². The van der Waals surface area contributed by atoms with Crippen molar-refractivity contribution in [1.82, 2.24) is 15.8 Å². The number of carbonyl (C=O) groups is 2. The average molecular weight is 341 g/mol. The van der Waals surface area contributed by atoms with Crippen LogP contribution in [0.3, 0.4) is 0 Å². The molecule has 4 saturated carbocycles. The van der Waals surface area contributed by atoms with Crippen molar-refractivity contribution in [2.45, 2.75) is 59.3 Å². The molecule has 4 aliphatic rings. The van der Waals surface area contributed by atoms with Crippen LogP contribution < -0.4 is 10.9 Å². The largest absolute Gasteiger partial charge is 0.273 e. The van der Waals surface area contributed by atoms with Crippen molar-refractivity contribution < 1.29 is 9.59 Å². The van der Waals surface area contributed by atoms with Crippen LogP contribution in [0.5, 0.6) is 0 Å². The Kier molecular flexibility index (Phi) is 3.35. The van der Waals surface area contributed by atoms with Crippen LogP contribution in [0, 0.1) is 21.7 Å². The Morgan fingerprint density at radius 2 is 1.48 bits per heavy atom. The van der Waals surface area contributed by atoms with Crippen molar-refractivity contribution in [2.24, 2.45) is 21.7 Å². The highest BCUT2D eigenvalue weighted by atomic mass is 16.2. The van der Waals surface area contributed by atoms with Crippen molar-refractivity contribution in [1.29, 1.82) is 0 Å². The third kappa shape index (κ3) is 2.74. The highest BCUT2D eigenvalue weighted by Crippen LogP contribution is 2.73. The fourth-order valence-electron chi connectivity index (χ4n) is 7.35. The first-order valence-electron chi connectivity index (χ1n) is 9.16. The minimum absolute atomic E-state index is 0.0208. The van der Waals surface area contributed by atoms with Crippen molar-refractivity contribution in [3.8, 4) is 0 Å². The molecule has 5 heteroatoms. The van der Waals surface area contributed by atoms with Gasteiger partial charge in [-0.05, 0) is 66.9 Å². The predicted octanol–water partition coefficient (Wildman–Crippen LogP) is 3.23. The molecule has 4 fully saturated rings. The van der Waals surface area contributed by atoms with Gasteiger partial charge in [0.15, 0.2) is 0 Å². The van der Waals surface area contributed by atoms with Gasteiger partial charge in [0.05, 0.1) is 11.0 Å². The molecule has 0 aliphatic heterocycles. The zero-order valence-corrected chi connectivity index (χ0v) is 15.3. The molecule has 1 aromatic rings. The molecule has 1 heterocycles. The lowest BCUT2D eigenvalue weighted by atomic mass is 9.36.